The molecule has 90 valence electrons. The molecule has 0 spiro atoms. The van der Waals surface area contributed by atoms with Gasteiger partial charge in [-0.3, -0.25) is 4.99 Å². The molecule has 18 heavy (non-hydrogen) atoms. The van der Waals surface area contributed by atoms with Crippen molar-refractivity contribution in [3.8, 4) is 17.6 Å². The number of benzene rings is 1. The second kappa shape index (κ2) is 5.37. The van der Waals surface area contributed by atoms with Gasteiger partial charge in [-0.2, -0.15) is 0 Å². The summed E-state index contributed by atoms with van der Waals surface area (Å²) in [7, 11) is 1.72. The zero-order chi connectivity index (χ0) is 13.0. The molecule has 0 saturated carbocycles. The molecule has 1 aromatic carbocycles. The Morgan fingerprint density at radius 2 is 2.11 bits per heavy atom. The van der Waals surface area contributed by atoms with E-state index in [1.807, 2.05) is 37.3 Å². The Morgan fingerprint density at radius 3 is 2.83 bits per heavy atom. The van der Waals surface area contributed by atoms with Crippen LogP contribution >= 0.6 is 0 Å². The van der Waals surface area contributed by atoms with Crippen LogP contribution in [0, 0.1) is 17.8 Å². The number of phenols is 1. The van der Waals surface area contributed by atoms with E-state index in [2.05, 4.69) is 16.8 Å². The van der Waals surface area contributed by atoms with Gasteiger partial charge in [0.05, 0.1) is 5.71 Å². The quantitative estimate of drug-likeness (QED) is 0.622. The van der Waals surface area contributed by atoms with Crippen LogP contribution in [0.5, 0.6) is 5.75 Å². The van der Waals surface area contributed by atoms with Crippen molar-refractivity contribution in [2.45, 2.75) is 6.92 Å². The molecular weight excluding hydrogens is 222 g/mol. The van der Waals surface area contributed by atoms with Crippen molar-refractivity contribution in [1.82, 2.24) is 0 Å². The minimum atomic E-state index is 0.234. The SMILES string of the molecule is CN=C(C1=CC#CC(C)C=C1)c1ccccc1O. The van der Waals surface area contributed by atoms with E-state index >= 15 is 0 Å². The number of phenolic OH excluding ortho intramolecular Hbond substituents is 1. The first-order chi connectivity index (χ1) is 8.72. The molecule has 1 unspecified atom stereocenters. The summed E-state index contributed by atoms with van der Waals surface area (Å²) in [4.78, 5) is 4.28. The maximum absolute atomic E-state index is 9.90. The predicted molar refractivity (Wildman–Crippen MR) is 74.7 cm³/mol. The van der Waals surface area contributed by atoms with Gasteiger partial charge in [0, 0.05) is 24.1 Å². The van der Waals surface area contributed by atoms with E-state index in [0.29, 0.717) is 0 Å². The van der Waals surface area contributed by atoms with Gasteiger partial charge >= 0.3 is 0 Å². The molecule has 2 heteroatoms. The lowest BCUT2D eigenvalue weighted by molar-refractivity contribution is 0.474. The van der Waals surface area contributed by atoms with E-state index in [4.69, 9.17) is 0 Å². The van der Waals surface area contributed by atoms with Gasteiger partial charge in [-0.1, -0.05) is 36.1 Å². The molecule has 1 N–H and O–H groups in total. The summed E-state index contributed by atoms with van der Waals surface area (Å²) in [5.41, 5.74) is 2.41. The summed E-state index contributed by atoms with van der Waals surface area (Å²) >= 11 is 0. The topological polar surface area (TPSA) is 32.6 Å². The van der Waals surface area contributed by atoms with Gasteiger partial charge in [-0.05, 0) is 25.1 Å². The van der Waals surface area contributed by atoms with Crippen molar-refractivity contribution in [1.29, 1.82) is 0 Å². The molecular formula is C16H15NO. The van der Waals surface area contributed by atoms with Crippen LogP contribution in [-0.4, -0.2) is 17.9 Å². The minimum Gasteiger partial charge on any atom is -0.507 e. The van der Waals surface area contributed by atoms with E-state index in [-0.39, 0.29) is 11.7 Å². The first-order valence-corrected chi connectivity index (χ1v) is 5.87. The number of para-hydroxylation sites is 1. The van der Waals surface area contributed by atoms with Crippen LogP contribution in [0.1, 0.15) is 12.5 Å². The van der Waals surface area contributed by atoms with Gasteiger partial charge in [0.25, 0.3) is 0 Å². The van der Waals surface area contributed by atoms with Crippen LogP contribution in [0.3, 0.4) is 0 Å². The Balaban J connectivity index is 2.44. The Kier molecular flexibility index (Phi) is 3.64. The maximum Gasteiger partial charge on any atom is 0.124 e. The van der Waals surface area contributed by atoms with E-state index in [0.717, 1.165) is 16.8 Å². The average Bonchev–Trinajstić information content (AvgIpc) is 2.58. The zero-order valence-electron chi connectivity index (χ0n) is 10.5. The molecule has 0 fully saturated rings. The van der Waals surface area contributed by atoms with Crippen molar-refractivity contribution in [2.75, 3.05) is 7.05 Å². The summed E-state index contributed by atoms with van der Waals surface area (Å²) < 4.78 is 0. The normalized spacial score (nSPS) is 18.7. The summed E-state index contributed by atoms with van der Waals surface area (Å²) in [6, 6.07) is 7.20. The van der Waals surface area contributed by atoms with E-state index < -0.39 is 0 Å². The number of hydrogen-bond acceptors (Lipinski definition) is 2. The van der Waals surface area contributed by atoms with E-state index in [1.165, 1.54) is 0 Å². The molecule has 2 rings (SSSR count). The van der Waals surface area contributed by atoms with Crippen molar-refractivity contribution in [3.05, 3.63) is 53.6 Å². The smallest absolute Gasteiger partial charge is 0.124 e. The van der Waals surface area contributed by atoms with Gasteiger partial charge in [-0.15, -0.1) is 0 Å². The number of rotatable bonds is 2. The standard InChI is InChI=1S/C16H15NO/c1-12-6-5-7-13(11-10-12)16(17-2)14-8-3-4-9-15(14)18/h3-4,7-12,18H,1-2H3. The first kappa shape index (κ1) is 12.2. The van der Waals surface area contributed by atoms with Crippen LogP contribution in [-0.2, 0) is 0 Å². The second-order valence-electron chi connectivity index (χ2n) is 4.13. The van der Waals surface area contributed by atoms with Crippen molar-refractivity contribution in [2.24, 2.45) is 10.9 Å². The van der Waals surface area contributed by atoms with Crippen molar-refractivity contribution in [3.63, 3.8) is 0 Å². The van der Waals surface area contributed by atoms with Gasteiger partial charge in [0.2, 0.25) is 0 Å². The van der Waals surface area contributed by atoms with Gasteiger partial charge < -0.3 is 5.11 Å². The maximum atomic E-state index is 9.90. The summed E-state index contributed by atoms with van der Waals surface area (Å²) in [6.07, 6.45) is 5.87. The van der Waals surface area contributed by atoms with Crippen LogP contribution in [0.4, 0.5) is 0 Å². The lowest BCUT2D eigenvalue weighted by Gasteiger charge is -2.08. The molecule has 0 bridgehead atoms. The third kappa shape index (κ3) is 2.52. The van der Waals surface area contributed by atoms with Crippen LogP contribution < -0.4 is 0 Å². The lowest BCUT2D eigenvalue weighted by atomic mass is 10.0. The third-order valence-electron chi connectivity index (χ3n) is 2.76. The fraction of sp³-hybridized carbons (Fsp3) is 0.188. The third-order valence-corrected chi connectivity index (χ3v) is 2.76. The fourth-order valence-electron chi connectivity index (χ4n) is 1.82. The number of aromatic hydroxyl groups is 1. The van der Waals surface area contributed by atoms with Crippen LogP contribution in [0.15, 0.2) is 53.1 Å². The summed E-state index contributed by atoms with van der Waals surface area (Å²) in [5.74, 6) is 6.57. The Bertz CT molecular complexity index is 597. The van der Waals surface area contributed by atoms with Gasteiger partial charge in [0.1, 0.15) is 5.75 Å². The predicted octanol–water partition coefficient (Wildman–Crippen LogP) is 2.95. The lowest BCUT2D eigenvalue weighted by Crippen LogP contribution is -2.04. The van der Waals surface area contributed by atoms with Gasteiger partial charge in [0.15, 0.2) is 0 Å². The molecule has 2 nitrogen and oxygen atoms in total. The Hall–Kier alpha value is -2.27. The number of hydrogen-bond donors (Lipinski definition) is 1. The summed E-state index contributed by atoms with van der Waals surface area (Å²) in [6.45, 7) is 2.04. The molecule has 1 aliphatic rings. The highest BCUT2D eigenvalue weighted by molar-refractivity contribution is 6.16. The zero-order valence-corrected chi connectivity index (χ0v) is 10.5. The minimum absolute atomic E-state index is 0.234. The molecule has 1 atom stereocenters. The van der Waals surface area contributed by atoms with Crippen LogP contribution in [0.25, 0.3) is 0 Å². The molecule has 1 aromatic rings. The average molecular weight is 237 g/mol. The molecule has 0 aromatic heterocycles. The van der Waals surface area contributed by atoms with Crippen molar-refractivity contribution >= 4 is 5.71 Å². The number of allylic oxidation sites excluding steroid dienone is 4. The fourth-order valence-corrected chi connectivity index (χ4v) is 1.82. The van der Waals surface area contributed by atoms with E-state index in [9.17, 15) is 5.11 Å². The second-order valence-corrected chi connectivity index (χ2v) is 4.13. The highest BCUT2D eigenvalue weighted by atomic mass is 16.3. The Morgan fingerprint density at radius 1 is 1.33 bits per heavy atom. The monoisotopic (exact) mass is 237 g/mol. The molecule has 0 radical (unpaired) electrons. The largest absolute Gasteiger partial charge is 0.507 e. The molecule has 0 saturated heterocycles. The molecule has 0 amide bonds. The van der Waals surface area contributed by atoms with Gasteiger partial charge in [-0.25, -0.2) is 0 Å². The highest BCUT2D eigenvalue weighted by Crippen LogP contribution is 2.21. The van der Waals surface area contributed by atoms with Crippen molar-refractivity contribution < 1.29 is 5.11 Å². The number of nitrogens with zero attached hydrogens (tertiary/aromatic N) is 1. The molecule has 1 aliphatic carbocycles. The molecule has 0 aliphatic heterocycles. The van der Waals surface area contributed by atoms with E-state index in [1.54, 1.807) is 19.2 Å². The first-order valence-electron chi connectivity index (χ1n) is 5.87. The molecule has 0 heterocycles. The highest BCUT2D eigenvalue weighted by Gasteiger charge is 2.11. The summed E-state index contributed by atoms with van der Waals surface area (Å²) in [5, 5.41) is 9.90. The number of aliphatic imine (C=N–C) groups is 1. The Labute approximate surface area is 107 Å². The van der Waals surface area contributed by atoms with Crippen LogP contribution in [0.2, 0.25) is 0 Å².